The first-order valence-electron chi connectivity index (χ1n) is 16.9. The van der Waals surface area contributed by atoms with Gasteiger partial charge in [0.25, 0.3) is 0 Å². The van der Waals surface area contributed by atoms with Crippen LogP contribution in [0.5, 0.6) is 5.75 Å². The van der Waals surface area contributed by atoms with E-state index in [4.69, 9.17) is 19.3 Å². The monoisotopic (exact) mass is 683 g/mol. The van der Waals surface area contributed by atoms with Gasteiger partial charge in [-0.3, -0.25) is 9.59 Å². The van der Waals surface area contributed by atoms with Gasteiger partial charge in [-0.25, -0.2) is 0 Å². The predicted octanol–water partition coefficient (Wildman–Crippen LogP) is 8.23. The number of para-hydroxylation sites is 1. The van der Waals surface area contributed by atoms with Crippen molar-refractivity contribution in [1.29, 1.82) is 0 Å². The second kappa shape index (κ2) is 18.6. The molecule has 8 nitrogen and oxygen atoms in total. The minimum absolute atomic E-state index is 0.00156. The van der Waals surface area contributed by atoms with Gasteiger partial charge in [0.2, 0.25) is 5.91 Å². The summed E-state index contributed by atoms with van der Waals surface area (Å²) in [6.07, 6.45) is 3.61. The third-order valence-corrected chi connectivity index (χ3v) is 9.77. The highest BCUT2D eigenvalue weighted by Gasteiger charge is 2.32. The lowest BCUT2D eigenvalue weighted by Gasteiger charge is -2.36. The van der Waals surface area contributed by atoms with Gasteiger partial charge in [-0.2, -0.15) is 0 Å². The topological polar surface area (TPSA) is 114 Å². The molecule has 4 aromatic rings. The normalized spacial score (nSPS) is 17.4. The molecule has 4 aromatic carbocycles. The van der Waals surface area contributed by atoms with E-state index in [1.807, 2.05) is 66.7 Å². The van der Waals surface area contributed by atoms with Crippen LogP contribution in [0.4, 0.5) is 0 Å². The molecule has 0 aromatic heterocycles. The summed E-state index contributed by atoms with van der Waals surface area (Å²) >= 11 is 1.71. The number of carbonyl (C=O) groups excluding carboxylic acids is 1. The van der Waals surface area contributed by atoms with Crippen molar-refractivity contribution in [2.75, 3.05) is 12.9 Å². The molecule has 1 saturated heterocycles. The van der Waals surface area contributed by atoms with Gasteiger partial charge in [0.05, 0.1) is 25.9 Å². The van der Waals surface area contributed by atoms with E-state index < -0.39 is 12.3 Å². The van der Waals surface area contributed by atoms with Crippen molar-refractivity contribution in [2.45, 2.75) is 81.5 Å². The van der Waals surface area contributed by atoms with E-state index in [0.29, 0.717) is 25.8 Å². The molecule has 9 heteroatoms. The maximum absolute atomic E-state index is 12.4. The largest absolute Gasteiger partial charge is 0.496 e. The number of thioether (sulfide) groups is 1. The van der Waals surface area contributed by atoms with E-state index in [-0.39, 0.29) is 31.1 Å². The summed E-state index contributed by atoms with van der Waals surface area (Å²) in [6.45, 7) is 0.445. The van der Waals surface area contributed by atoms with E-state index in [1.165, 1.54) is 0 Å². The van der Waals surface area contributed by atoms with Crippen LogP contribution in [0.3, 0.4) is 0 Å². The molecule has 3 unspecified atom stereocenters. The van der Waals surface area contributed by atoms with Crippen LogP contribution < -0.4 is 10.1 Å². The molecule has 49 heavy (non-hydrogen) atoms. The number of ether oxygens (including phenoxy) is 3. The van der Waals surface area contributed by atoms with Crippen LogP contribution >= 0.6 is 11.8 Å². The Morgan fingerprint density at radius 2 is 1.55 bits per heavy atom. The van der Waals surface area contributed by atoms with E-state index in [1.54, 1.807) is 18.9 Å². The smallest absolute Gasteiger partial charge is 0.303 e. The zero-order valence-corrected chi connectivity index (χ0v) is 28.7. The third-order valence-electron chi connectivity index (χ3n) is 8.59. The average molecular weight is 684 g/mol. The number of amides is 1. The second-order valence-corrected chi connectivity index (χ2v) is 13.3. The number of aliphatic hydroxyl groups excluding tert-OH is 1. The maximum Gasteiger partial charge on any atom is 0.303 e. The summed E-state index contributed by atoms with van der Waals surface area (Å²) in [7, 11) is 1.68. The molecule has 1 amide bonds. The number of hydrogen-bond donors (Lipinski definition) is 3. The van der Waals surface area contributed by atoms with Crippen LogP contribution in [-0.4, -0.2) is 41.1 Å². The first kappa shape index (κ1) is 36.1. The summed E-state index contributed by atoms with van der Waals surface area (Å²) < 4.78 is 18.7. The SMILES string of the molecule is COc1ccccc1SCC1CC(c2ccc(CO)cc2)OC(c2ccc(-c3cccc(CNC(=O)CCCCCCC(=O)O)c3)cc2)O1. The summed E-state index contributed by atoms with van der Waals surface area (Å²) in [6, 6.07) is 32.3. The molecule has 1 aliphatic heterocycles. The Morgan fingerprint density at radius 3 is 2.29 bits per heavy atom. The number of benzene rings is 4. The summed E-state index contributed by atoms with van der Waals surface area (Å²) in [5, 5.41) is 21.3. The molecule has 1 fully saturated rings. The molecule has 0 radical (unpaired) electrons. The minimum atomic E-state index is -0.774. The first-order chi connectivity index (χ1) is 23.9. The van der Waals surface area contributed by atoms with E-state index in [2.05, 4.69) is 35.6 Å². The summed E-state index contributed by atoms with van der Waals surface area (Å²) in [5.41, 5.74) is 5.96. The highest BCUT2D eigenvalue weighted by atomic mass is 32.2. The number of hydrogen-bond acceptors (Lipinski definition) is 7. The molecular formula is C40H45NO7S. The highest BCUT2D eigenvalue weighted by Crippen LogP contribution is 2.40. The van der Waals surface area contributed by atoms with Crippen LogP contribution in [0.15, 0.2) is 102 Å². The number of carboxylic acid groups (broad SMARTS) is 1. The molecule has 3 atom stereocenters. The number of aliphatic carboxylic acids is 1. The fraction of sp³-hybridized carbons (Fsp3) is 0.350. The Hall–Kier alpha value is -4.15. The fourth-order valence-corrected chi connectivity index (χ4v) is 6.89. The van der Waals surface area contributed by atoms with Crippen LogP contribution in [0.1, 0.15) is 79.6 Å². The van der Waals surface area contributed by atoms with Crippen molar-refractivity contribution >= 4 is 23.6 Å². The van der Waals surface area contributed by atoms with Crippen molar-refractivity contribution in [1.82, 2.24) is 5.32 Å². The highest BCUT2D eigenvalue weighted by molar-refractivity contribution is 7.99. The van der Waals surface area contributed by atoms with Gasteiger partial charge in [0, 0.05) is 42.0 Å². The van der Waals surface area contributed by atoms with Crippen molar-refractivity contribution in [2.24, 2.45) is 0 Å². The van der Waals surface area contributed by atoms with Gasteiger partial charge in [-0.1, -0.05) is 91.7 Å². The van der Waals surface area contributed by atoms with Crippen molar-refractivity contribution in [3.05, 3.63) is 119 Å². The van der Waals surface area contributed by atoms with Crippen molar-refractivity contribution < 1.29 is 34.0 Å². The summed E-state index contributed by atoms with van der Waals surface area (Å²) in [5.74, 6) is 0.807. The third kappa shape index (κ3) is 10.9. The van der Waals surface area contributed by atoms with Gasteiger partial charge in [-0.15, -0.1) is 11.8 Å². The molecule has 5 rings (SSSR count). The van der Waals surface area contributed by atoms with E-state index in [9.17, 15) is 14.7 Å². The Bertz CT molecular complexity index is 1640. The molecule has 258 valence electrons. The number of methoxy groups -OCH3 is 1. The zero-order valence-electron chi connectivity index (χ0n) is 27.9. The van der Waals surface area contributed by atoms with Crippen LogP contribution in [0, 0.1) is 0 Å². The second-order valence-electron chi connectivity index (χ2n) is 12.2. The molecule has 3 N–H and O–H groups in total. The number of carboxylic acids is 1. The minimum Gasteiger partial charge on any atom is -0.496 e. The lowest BCUT2D eigenvalue weighted by atomic mass is 9.99. The Balaban J connectivity index is 1.21. The van der Waals surface area contributed by atoms with Crippen LogP contribution in [-0.2, 0) is 32.2 Å². The number of rotatable bonds is 17. The maximum atomic E-state index is 12.4. The molecular weight excluding hydrogens is 639 g/mol. The molecule has 0 bridgehead atoms. The van der Waals surface area contributed by atoms with Gasteiger partial charge in [0.15, 0.2) is 6.29 Å². The lowest BCUT2D eigenvalue weighted by Crippen LogP contribution is -2.31. The quantitative estimate of drug-likeness (QED) is 0.0754. The van der Waals surface area contributed by atoms with Gasteiger partial charge < -0.3 is 29.7 Å². The first-order valence-corrected chi connectivity index (χ1v) is 17.8. The summed E-state index contributed by atoms with van der Waals surface area (Å²) in [4.78, 5) is 24.1. The number of aliphatic hydroxyl groups is 1. The van der Waals surface area contributed by atoms with Crippen molar-refractivity contribution in [3.63, 3.8) is 0 Å². The number of nitrogens with one attached hydrogen (secondary N) is 1. The Morgan fingerprint density at radius 1 is 0.816 bits per heavy atom. The lowest BCUT2D eigenvalue weighted by molar-refractivity contribution is -0.245. The molecule has 0 spiro atoms. The van der Waals surface area contributed by atoms with Gasteiger partial charge >= 0.3 is 5.97 Å². The Labute approximate surface area is 292 Å². The number of unbranched alkanes of at least 4 members (excludes halogenated alkanes) is 3. The van der Waals surface area contributed by atoms with Crippen molar-refractivity contribution in [3.8, 4) is 16.9 Å². The van der Waals surface area contributed by atoms with Gasteiger partial charge in [0.1, 0.15) is 5.75 Å². The molecule has 0 aliphatic carbocycles. The standard InChI is InChI=1S/C40H45NO7S/c1-46-35-11-6-7-12-37(35)49-27-34-24-36(31-17-15-28(26-42)16-18-31)48-40(47-34)32-21-19-30(20-22-32)33-10-8-9-29(23-33)25-41-38(43)13-4-2-3-5-14-39(44)45/h6-12,15-23,34,36,40,42H,2-5,13-14,24-27H2,1H3,(H,41,43)(H,44,45). The van der Waals surface area contributed by atoms with Gasteiger partial charge in [-0.05, 0) is 58.9 Å². The average Bonchev–Trinajstić information content (AvgIpc) is 3.14. The van der Waals surface area contributed by atoms with E-state index in [0.717, 1.165) is 69.0 Å². The molecule has 1 aliphatic rings. The fourth-order valence-electron chi connectivity index (χ4n) is 5.84. The van der Waals surface area contributed by atoms with Crippen LogP contribution in [0.2, 0.25) is 0 Å². The molecule has 0 saturated carbocycles. The predicted molar refractivity (Wildman–Crippen MR) is 191 cm³/mol. The van der Waals surface area contributed by atoms with Crippen LogP contribution in [0.25, 0.3) is 11.1 Å². The zero-order chi connectivity index (χ0) is 34.4. The van der Waals surface area contributed by atoms with E-state index >= 15 is 0 Å². The Kier molecular flexibility index (Phi) is 13.7. The number of carbonyl (C=O) groups is 2. The molecule has 1 heterocycles.